The molecule has 0 aliphatic carbocycles. The molecule has 96 valence electrons. The molecule has 1 heterocycles. The van der Waals surface area contributed by atoms with Gasteiger partial charge in [0.25, 0.3) is 0 Å². The summed E-state index contributed by atoms with van der Waals surface area (Å²) in [4.78, 5) is 0. The molecule has 0 saturated carbocycles. The summed E-state index contributed by atoms with van der Waals surface area (Å²) < 4.78 is 27.8. The van der Waals surface area contributed by atoms with E-state index < -0.39 is 9.84 Å². The van der Waals surface area contributed by atoms with Gasteiger partial charge in [-0.15, -0.1) is 0 Å². The SMILES string of the molecule is COC(C)(C)CCNC1CCS(=O)(=O)CC1. The summed E-state index contributed by atoms with van der Waals surface area (Å²) in [6, 6.07) is 0.358. The highest BCUT2D eigenvalue weighted by atomic mass is 32.2. The third-order valence-electron chi connectivity index (χ3n) is 3.27. The number of rotatable bonds is 5. The van der Waals surface area contributed by atoms with Crippen molar-refractivity contribution in [3.8, 4) is 0 Å². The van der Waals surface area contributed by atoms with E-state index in [-0.39, 0.29) is 5.60 Å². The molecule has 0 unspecified atom stereocenters. The van der Waals surface area contributed by atoms with Crippen LogP contribution in [0.25, 0.3) is 0 Å². The fourth-order valence-corrected chi connectivity index (χ4v) is 3.26. The van der Waals surface area contributed by atoms with Crippen LogP contribution in [0.4, 0.5) is 0 Å². The largest absolute Gasteiger partial charge is 0.379 e. The third-order valence-corrected chi connectivity index (χ3v) is 4.98. The molecular weight excluding hydrogens is 226 g/mol. The van der Waals surface area contributed by atoms with Crippen LogP contribution in [0.3, 0.4) is 0 Å². The zero-order chi connectivity index (χ0) is 12.2. The fourth-order valence-electron chi connectivity index (χ4n) is 1.77. The minimum atomic E-state index is -2.74. The van der Waals surface area contributed by atoms with E-state index in [1.165, 1.54) is 0 Å². The van der Waals surface area contributed by atoms with Crippen LogP contribution < -0.4 is 5.32 Å². The predicted molar refractivity (Wildman–Crippen MR) is 65.4 cm³/mol. The van der Waals surface area contributed by atoms with Crippen LogP contribution in [0.5, 0.6) is 0 Å². The van der Waals surface area contributed by atoms with Crippen molar-refractivity contribution in [1.29, 1.82) is 0 Å². The average Bonchev–Trinajstić information content (AvgIpc) is 2.20. The van der Waals surface area contributed by atoms with E-state index in [4.69, 9.17) is 4.74 Å². The maximum absolute atomic E-state index is 11.2. The van der Waals surface area contributed by atoms with Gasteiger partial charge in [-0.1, -0.05) is 0 Å². The summed E-state index contributed by atoms with van der Waals surface area (Å²) in [7, 11) is -1.02. The first kappa shape index (κ1) is 13.9. The first-order valence-electron chi connectivity index (χ1n) is 5.84. The molecule has 0 spiro atoms. The lowest BCUT2D eigenvalue weighted by Gasteiger charge is -2.27. The highest BCUT2D eigenvalue weighted by Gasteiger charge is 2.23. The van der Waals surface area contributed by atoms with Crippen LogP contribution in [0.2, 0.25) is 0 Å². The molecule has 0 aromatic rings. The highest BCUT2D eigenvalue weighted by Crippen LogP contribution is 2.14. The van der Waals surface area contributed by atoms with Crippen molar-refractivity contribution < 1.29 is 13.2 Å². The second kappa shape index (κ2) is 5.47. The Hall–Kier alpha value is -0.130. The summed E-state index contributed by atoms with van der Waals surface area (Å²) in [5.41, 5.74) is -0.103. The molecule has 1 saturated heterocycles. The van der Waals surface area contributed by atoms with E-state index in [0.29, 0.717) is 17.5 Å². The monoisotopic (exact) mass is 249 g/mol. The molecule has 1 rings (SSSR count). The molecule has 1 fully saturated rings. The Kier molecular flexibility index (Phi) is 4.76. The Balaban J connectivity index is 2.21. The van der Waals surface area contributed by atoms with Gasteiger partial charge in [0.1, 0.15) is 9.84 Å². The summed E-state index contributed by atoms with van der Waals surface area (Å²) in [6.07, 6.45) is 2.43. The van der Waals surface area contributed by atoms with Crippen molar-refractivity contribution in [1.82, 2.24) is 5.32 Å². The summed E-state index contributed by atoms with van der Waals surface area (Å²) in [5.74, 6) is 0.663. The van der Waals surface area contributed by atoms with Gasteiger partial charge < -0.3 is 10.1 Å². The van der Waals surface area contributed by atoms with Crippen molar-refractivity contribution in [3.63, 3.8) is 0 Å². The molecule has 0 amide bonds. The zero-order valence-electron chi connectivity index (χ0n) is 10.5. The first-order valence-corrected chi connectivity index (χ1v) is 7.66. The van der Waals surface area contributed by atoms with E-state index in [9.17, 15) is 8.42 Å². The molecule has 0 atom stereocenters. The maximum atomic E-state index is 11.2. The Labute approximate surface area is 98.7 Å². The van der Waals surface area contributed by atoms with Crippen molar-refractivity contribution in [2.24, 2.45) is 0 Å². The number of sulfone groups is 1. The van der Waals surface area contributed by atoms with Gasteiger partial charge in [-0.25, -0.2) is 8.42 Å². The standard InChI is InChI=1S/C11H23NO3S/c1-11(2,15-3)6-7-12-10-4-8-16(13,14)9-5-10/h10,12H,4-9H2,1-3H3. The lowest BCUT2D eigenvalue weighted by molar-refractivity contribution is 0.0153. The minimum Gasteiger partial charge on any atom is -0.379 e. The van der Waals surface area contributed by atoms with Crippen molar-refractivity contribution >= 4 is 9.84 Å². The Bertz CT molecular complexity index is 297. The fraction of sp³-hybridized carbons (Fsp3) is 1.00. The maximum Gasteiger partial charge on any atom is 0.150 e. The lowest BCUT2D eigenvalue weighted by atomic mass is 10.0. The van der Waals surface area contributed by atoms with E-state index in [2.05, 4.69) is 19.2 Å². The summed E-state index contributed by atoms with van der Waals surface area (Å²) in [6.45, 7) is 4.99. The minimum absolute atomic E-state index is 0.103. The number of ether oxygens (including phenoxy) is 1. The molecule has 16 heavy (non-hydrogen) atoms. The molecule has 1 aliphatic rings. The molecule has 4 nitrogen and oxygen atoms in total. The van der Waals surface area contributed by atoms with E-state index in [1.54, 1.807) is 7.11 Å². The van der Waals surface area contributed by atoms with Crippen molar-refractivity contribution in [3.05, 3.63) is 0 Å². The van der Waals surface area contributed by atoms with E-state index in [1.807, 2.05) is 0 Å². The van der Waals surface area contributed by atoms with Crippen LogP contribution in [0.1, 0.15) is 33.1 Å². The lowest BCUT2D eigenvalue weighted by Crippen LogP contribution is -2.40. The van der Waals surface area contributed by atoms with Crippen LogP contribution in [0.15, 0.2) is 0 Å². The van der Waals surface area contributed by atoms with E-state index >= 15 is 0 Å². The number of hydrogen-bond donors (Lipinski definition) is 1. The quantitative estimate of drug-likeness (QED) is 0.789. The molecule has 5 heteroatoms. The van der Waals surface area contributed by atoms with Crippen LogP contribution >= 0.6 is 0 Å². The van der Waals surface area contributed by atoms with Gasteiger partial charge in [0.15, 0.2) is 0 Å². The van der Waals surface area contributed by atoms with Gasteiger partial charge in [-0.05, 0) is 39.7 Å². The molecular formula is C11H23NO3S. The van der Waals surface area contributed by atoms with Gasteiger partial charge >= 0.3 is 0 Å². The van der Waals surface area contributed by atoms with Crippen molar-refractivity contribution in [2.75, 3.05) is 25.2 Å². The van der Waals surface area contributed by atoms with E-state index in [0.717, 1.165) is 25.8 Å². The summed E-state index contributed by atoms with van der Waals surface area (Å²) >= 11 is 0. The predicted octanol–water partition coefficient (Wildman–Crippen LogP) is 0.968. The zero-order valence-corrected chi connectivity index (χ0v) is 11.3. The topological polar surface area (TPSA) is 55.4 Å². The smallest absolute Gasteiger partial charge is 0.150 e. The molecule has 0 radical (unpaired) electrons. The average molecular weight is 249 g/mol. The van der Waals surface area contributed by atoms with Crippen LogP contribution in [0, 0.1) is 0 Å². The molecule has 0 aromatic heterocycles. The Morgan fingerprint density at radius 2 is 1.88 bits per heavy atom. The third kappa shape index (κ3) is 4.80. The van der Waals surface area contributed by atoms with Gasteiger partial charge in [0.05, 0.1) is 17.1 Å². The first-order chi connectivity index (χ1) is 7.35. The second-order valence-electron chi connectivity index (χ2n) is 5.09. The van der Waals surface area contributed by atoms with Crippen LogP contribution in [-0.4, -0.2) is 45.2 Å². The number of nitrogens with one attached hydrogen (secondary N) is 1. The van der Waals surface area contributed by atoms with Gasteiger partial charge in [0.2, 0.25) is 0 Å². The molecule has 1 aliphatic heterocycles. The summed E-state index contributed by atoms with van der Waals surface area (Å²) in [5, 5.41) is 3.41. The second-order valence-corrected chi connectivity index (χ2v) is 7.40. The molecule has 0 bridgehead atoms. The molecule has 1 N–H and O–H groups in total. The molecule has 0 aromatic carbocycles. The Morgan fingerprint density at radius 3 is 2.38 bits per heavy atom. The normalized spacial score (nSPS) is 22.2. The Morgan fingerprint density at radius 1 is 1.31 bits per heavy atom. The van der Waals surface area contributed by atoms with Crippen molar-refractivity contribution in [2.45, 2.75) is 44.8 Å². The number of hydrogen-bond acceptors (Lipinski definition) is 4. The van der Waals surface area contributed by atoms with Gasteiger partial charge in [0, 0.05) is 13.2 Å². The number of methoxy groups -OCH3 is 1. The van der Waals surface area contributed by atoms with Gasteiger partial charge in [-0.2, -0.15) is 0 Å². The van der Waals surface area contributed by atoms with Crippen LogP contribution in [-0.2, 0) is 14.6 Å². The highest BCUT2D eigenvalue weighted by molar-refractivity contribution is 7.91. The van der Waals surface area contributed by atoms with Gasteiger partial charge in [-0.3, -0.25) is 0 Å².